The molecule has 152 valence electrons. The molecular formula is C23H42BNOP+. The lowest BCUT2D eigenvalue weighted by molar-refractivity contribution is -0.0226. The molecule has 0 aromatic carbocycles. The maximum atomic E-state index is 6.35. The lowest BCUT2D eigenvalue weighted by Crippen LogP contribution is -2.50. The summed E-state index contributed by atoms with van der Waals surface area (Å²) >= 11 is 0. The molecule has 0 aromatic rings. The second-order valence-electron chi connectivity index (χ2n) is 12.6. The second kappa shape index (κ2) is 6.48. The van der Waals surface area contributed by atoms with Crippen molar-refractivity contribution in [2.45, 2.75) is 103 Å². The van der Waals surface area contributed by atoms with Crippen LogP contribution in [0.25, 0.3) is 0 Å². The number of rotatable bonds is 4. The molecule has 5 rings (SSSR count). The largest absolute Gasteiger partial charge is 0.478 e. The molecule has 0 radical (unpaired) electrons. The van der Waals surface area contributed by atoms with Gasteiger partial charge >= 0.3 is 7.57 Å². The van der Waals surface area contributed by atoms with Gasteiger partial charge in [0.15, 0.2) is 5.90 Å². The first-order chi connectivity index (χ1) is 12.4. The number of aliphatic imine (C=N–C) groups is 1. The SMILES string of the molecule is B[P+](CC[C@H]1COC(C23CC4CC(CC(C4)C2)C3)=N1)(C(C)(C)C)C(C)(C)C. The van der Waals surface area contributed by atoms with E-state index in [1.807, 2.05) is 0 Å². The highest BCUT2D eigenvalue weighted by molar-refractivity contribution is 7.99. The quantitative estimate of drug-likeness (QED) is 0.455. The van der Waals surface area contributed by atoms with Crippen molar-refractivity contribution in [1.29, 1.82) is 0 Å². The van der Waals surface area contributed by atoms with E-state index in [1.165, 1.54) is 57.0 Å². The molecule has 27 heavy (non-hydrogen) atoms. The van der Waals surface area contributed by atoms with Gasteiger partial charge in [-0.25, -0.2) is 4.99 Å². The Balaban J connectivity index is 1.46. The zero-order valence-corrected chi connectivity index (χ0v) is 19.9. The predicted octanol–water partition coefficient (Wildman–Crippen LogP) is 5.55. The van der Waals surface area contributed by atoms with E-state index in [9.17, 15) is 0 Å². The van der Waals surface area contributed by atoms with Crippen molar-refractivity contribution in [2.24, 2.45) is 28.2 Å². The molecule has 0 N–H and O–H groups in total. The Morgan fingerprint density at radius 2 is 1.44 bits per heavy atom. The van der Waals surface area contributed by atoms with E-state index in [1.54, 1.807) is 0 Å². The first-order valence-electron chi connectivity index (χ1n) is 11.5. The van der Waals surface area contributed by atoms with Crippen molar-refractivity contribution in [3.8, 4) is 0 Å². The number of nitrogens with zero attached hydrogens (tertiary/aromatic N) is 1. The molecule has 1 atom stereocenters. The van der Waals surface area contributed by atoms with Gasteiger partial charge in [0, 0.05) is 18.0 Å². The predicted molar refractivity (Wildman–Crippen MR) is 122 cm³/mol. The van der Waals surface area contributed by atoms with E-state index in [-0.39, 0.29) is 0 Å². The van der Waals surface area contributed by atoms with E-state index in [4.69, 9.17) is 9.73 Å². The van der Waals surface area contributed by atoms with E-state index in [0.29, 0.717) is 21.8 Å². The Bertz CT molecular complexity index is 566. The van der Waals surface area contributed by atoms with Gasteiger partial charge in [-0.15, -0.1) is 0 Å². The van der Waals surface area contributed by atoms with Crippen LogP contribution in [0.15, 0.2) is 4.99 Å². The van der Waals surface area contributed by atoms with Crippen molar-refractivity contribution in [1.82, 2.24) is 0 Å². The summed E-state index contributed by atoms with van der Waals surface area (Å²) in [6, 6.07) is 0.414. The third-order valence-corrected chi connectivity index (χ3v) is 16.1. The summed E-state index contributed by atoms with van der Waals surface area (Å²) in [5.74, 6) is 4.10. The molecule has 4 saturated carbocycles. The highest BCUT2D eigenvalue weighted by Crippen LogP contribution is 2.73. The summed E-state index contributed by atoms with van der Waals surface area (Å²) in [5.41, 5.74) is 0.343. The molecule has 0 unspecified atom stereocenters. The number of ether oxygens (including phenoxy) is 1. The molecule has 4 aliphatic carbocycles. The Kier molecular flexibility index (Phi) is 4.86. The Hall–Kier alpha value is -0.0351. The molecule has 4 heteroatoms. The number of hydrogen-bond donors (Lipinski definition) is 0. The zero-order valence-electron chi connectivity index (χ0n) is 19.0. The average Bonchev–Trinajstić information content (AvgIpc) is 2.98. The minimum Gasteiger partial charge on any atom is -0.478 e. The van der Waals surface area contributed by atoms with Gasteiger partial charge in [-0.1, -0.05) is 0 Å². The van der Waals surface area contributed by atoms with Crippen molar-refractivity contribution in [3.05, 3.63) is 0 Å². The highest BCUT2D eigenvalue weighted by atomic mass is 31.2. The first kappa shape index (κ1) is 20.2. The van der Waals surface area contributed by atoms with Gasteiger partial charge < -0.3 is 4.74 Å². The van der Waals surface area contributed by atoms with Crippen LogP contribution in [0, 0.1) is 23.2 Å². The van der Waals surface area contributed by atoms with Crippen LogP contribution in [0.4, 0.5) is 0 Å². The Morgan fingerprint density at radius 1 is 0.963 bits per heavy atom. The third-order valence-electron chi connectivity index (χ3n) is 9.07. The smallest absolute Gasteiger partial charge is 0.307 e. The lowest BCUT2D eigenvalue weighted by atomic mass is 9.49. The summed E-state index contributed by atoms with van der Waals surface area (Å²) < 4.78 is 6.35. The molecule has 0 aromatic heterocycles. The standard InChI is InChI=1S/C23H42BNOP/c1-21(2,3)27(24,22(4,5)6)8-7-19-15-26-20(25-19)23-12-16-9-17(13-23)11-18(10-16)14-23/h16-19H,7-15,24H2,1-6H3/q+1/t16?,17?,18?,19-,23?/m0/s1. The highest BCUT2D eigenvalue weighted by Gasteiger charge is 2.56. The van der Waals surface area contributed by atoms with E-state index in [0.717, 1.165) is 24.4 Å². The minimum atomic E-state index is -1.09. The van der Waals surface area contributed by atoms with Crippen molar-refractivity contribution < 1.29 is 4.74 Å². The van der Waals surface area contributed by atoms with Gasteiger partial charge in [0.05, 0.1) is 16.4 Å². The molecule has 0 amide bonds. The Labute approximate surface area is 169 Å². The third kappa shape index (κ3) is 3.43. The molecule has 5 aliphatic rings. The molecular weight excluding hydrogens is 348 g/mol. The zero-order chi connectivity index (χ0) is 19.7. The summed E-state index contributed by atoms with van der Waals surface area (Å²) in [4.78, 5) is 5.26. The molecule has 1 aliphatic heterocycles. The molecule has 4 fully saturated rings. The fraction of sp³-hybridized carbons (Fsp3) is 0.957. The maximum absolute atomic E-state index is 6.35. The van der Waals surface area contributed by atoms with E-state index >= 15 is 0 Å². The van der Waals surface area contributed by atoms with Crippen LogP contribution < -0.4 is 0 Å². The Morgan fingerprint density at radius 3 is 1.89 bits per heavy atom. The maximum Gasteiger partial charge on any atom is 0.307 e. The molecule has 4 bridgehead atoms. The fourth-order valence-corrected chi connectivity index (χ4v) is 11.5. The van der Waals surface area contributed by atoms with Gasteiger partial charge in [0.25, 0.3) is 0 Å². The van der Waals surface area contributed by atoms with Gasteiger partial charge in [0.1, 0.15) is 6.61 Å². The van der Waals surface area contributed by atoms with Crippen LogP contribution in [0.2, 0.25) is 0 Å². The van der Waals surface area contributed by atoms with Gasteiger partial charge in [-0.2, -0.15) is 0 Å². The molecule has 0 spiro atoms. The number of hydrogen-bond acceptors (Lipinski definition) is 2. The van der Waals surface area contributed by atoms with Gasteiger partial charge in [-0.05, 0) is 105 Å². The van der Waals surface area contributed by atoms with Gasteiger partial charge in [-0.3, -0.25) is 0 Å². The lowest BCUT2D eigenvalue weighted by Gasteiger charge is -2.56. The van der Waals surface area contributed by atoms with Gasteiger partial charge in [0.2, 0.25) is 0 Å². The monoisotopic (exact) mass is 390 g/mol. The second-order valence-corrected chi connectivity index (χ2v) is 18.2. The summed E-state index contributed by atoms with van der Waals surface area (Å²) in [6.07, 6.45) is 11.2. The summed E-state index contributed by atoms with van der Waals surface area (Å²) in [7, 11) is 1.51. The average molecular weight is 390 g/mol. The molecule has 2 nitrogen and oxygen atoms in total. The molecule has 0 saturated heterocycles. The van der Waals surface area contributed by atoms with E-state index < -0.39 is 7.14 Å². The summed E-state index contributed by atoms with van der Waals surface area (Å²) in [5, 5.41) is 0.800. The van der Waals surface area contributed by atoms with Crippen LogP contribution in [0.1, 0.15) is 86.5 Å². The first-order valence-corrected chi connectivity index (χ1v) is 13.9. The van der Waals surface area contributed by atoms with Crippen LogP contribution >= 0.6 is 7.14 Å². The topological polar surface area (TPSA) is 21.6 Å². The summed E-state index contributed by atoms with van der Waals surface area (Å²) in [6.45, 7) is 15.6. The van der Waals surface area contributed by atoms with Crippen LogP contribution in [-0.2, 0) is 4.74 Å². The molecule has 1 heterocycles. The minimum absolute atomic E-state index is 0.343. The van der Waals surface area contributed by atoms with Crippen LogP contribution in [-0.4, -0.2) is 42.6 Å². The normalized spacial score (nSPS) is 38.8. The van der Waals surface area contributed by atoms with Crippen LogP contribution in [0.5, 0.6) is 0 Å². The van der Waals surface area contributed by atoms with Crippen molar-refractivity contribution in [2.75, 3.05) is 12.8 Å². The van der Waals surface area contributed by atoms with E-state index in [2.05, 4.69) is 49.1 Å². The fourth-order valence-electron chi connectivity index (χ4n) is 7.31. The van der Waals surface area contributed by atoms with Crippen molar-refractivity contribution in [3.63, 3.8) is 0 Å². The van der Waals surface area contributed by atoms with Crippen LogP contribution in [0.3, 0.4) is 0 Å². The van der Waals surface area contributed by atoms with Crippen molar-refractivity contribution >= 4 is 20.6 Å².